The summed E-state index contributed by atoms with van der Waals surface area (Å²) in [6.45, 7) is 0. The molecule has 4 saturated carbocycles. The number of halogens is 1. The summed E-state index contributed by atoms with van der Waals surface area (Å²) in [6, 6.07) is 10.2. The van der Waals surface area contributed by atoms with Crippen LogP contribution in [0.1, 0.15) is 128 Å². The quantitative estimate of drug-likeness (QED) is 0.159. The monoisotopic (exact) mass is 642 g/mol. The third kappa shape index (κ3) is 8.82. The molecule has 4 aliphatic rings. The maximum absolute atomic E-state index is 6.94. The number of rotatable bonds is 8. The van der Waals surface area contributed by atoms with Gasteiger partial charge in [-0.3, -0.25) is 0 Å². The van der Waals surface area contributed by atoms with Crippen LogP contribution in [-0.4, -0.2) is 22.6 Å². The predicted octanol–water partition coefficient (Wildman–Crippen LogP) is 11.1. The van der Waals surface area contributed by atoms with Crippen molar-refractivity contribution in [1.82, 2.24) is 0 Å². The van der Waals surface area contributed by atoms with E-state index in [1.165, 1.54) is 128 Å². The molecule has 2 nitrogen and oxygen atoms in total. The summed E-state index contributed by atoms with van der Waals surface area (Å²) >= 11 is 2.22. The maximum atomic E-state index is 6.94. The van der Waals surface area contributed by atoms with Crippen molar-refractivity contribution in [2.75, 3.05) is 0 Å². The largest absolute Gasteiger partial charge is 0.499 e. The molecule has 0 radical (unpaired) electrons. The Morgan fingerprint density at radius 1 is 0.528 bits per heavy atom. The van der Waals surface area contributed by atoms with Crippen molar-refractivity contribution in [2.45, 2.75) is 151 Å². The van der Waals surface area contributed by atoms with Crippen LogP contribution in [0.15, 0.2) is 18.2 Å². The van der Waals surface area contributed by atoms with E-state index in [4.69, 9.17) is 9.05 Å². The van der Waals surface area contributed by atoms with Crippen molar-refractivity contribution in [3.63, 3.8) is 0 Å². The molecule has 36 heavy (non-hydrogen) atoms. The van der Waals surface area contributed by atoms with Crippen molar-refractivity contribution in [2.24, 2.45) is 0 Å². The number of hydrogen-bond donors (Lipinski definition) is 0. The van der Waals surface area contributed by atoms with E-state index in [0.29, 0.717) is 0 Å². The fourth-order valence-corrected chi connectivity index (χ4v) is 13.0. The Hall–Kier alpha value is 0.632. The molecular weight excluding hydrogens is 596 g/mol. The van der Waals surface area contributed by atoms with Gasteiger partial charge in [-0.2, -0.15) is 6.07 Å². The fourth-order valence-electron chi connectivity index (χ4n) is 7.00. The molecule has 4 aliphatic carbocycles. The molecule has 1 aromatic rings. The zero-order valence-corrected chi connectivity index (χ0v) is 26.2. The van der Waals surface area contributed by atoms with Crippen molar-refractivity contribution in [3.8, 4) is 11.5 Å². The van der Waals surface area contributed by atoms with E-state index in [9.17, 15) is 0 Å². The average Bonchev–Trinajstić information content (AvgIpc) is 2.98. The minimum Gasteiger partial charge on any atom is -0.499 e. The second kappa shape index (κ2) is 16.7. The third-order valence-corrected chi connectivity index (χ3v) is 14.6. The molecule has 206 valence electrons. The third-order valence-electron chi connectivity index (χ3n) is 8.89. The van der Waals surface area contributed by atoms with Gasteiger partial charge in [-0.15, -0.1) is 12.1 Å². The van der Waals surface area contributed by atoms with Gasteiger partial charge in [-0.25, -0.2) is 0 Å². The van der Waals surface area contributed by atoms with E-state index in [-0.39, 0.29) is 0 Å². The second-order valence-electron chi connectivity index (χ2n) is 11.4. The summed E-state index contributed by atoms with van der Waals surface area (Å²) in [7, 11) is 3.67. The maximum Gasteiger partial charge on any atom is 0.0900 e. The SMILES string of the molecule is [Cl][Pd+].[c-]1c(OP(C2CCCCC2)C2CCCCC2)cccc1OP(C1CCCCC1)C1CCCCC1. The van der Waals surface area contributed by atoms with Crippen molar-refractivity contribution < 1.29 is 27.2 Å². The summed E-state index contributed by atoms with van der Waals surface area (Å²) in [5, 5.41) is 0. The number of benzene rings is 1. The van der Waals surface area contributed by atoms with Crippen LogP contribution in [0.4, 0.5) is 0 Å². The summed E-state index contributed by atoms with van der Waals surface area (Å²) in [6.07, 6.45) is 28.0. The molecule has 6 heteroatoms. The molecule has 0 amide bonds. The molecular formula is C30H47ClO2P2Pd. The van der Waals surface area contributed by atoms with Crippen LogP contribution < -0.4 is 9.05 Å². The van der Waals surface area contributed by atoms with Gasteiger partial charge in [0.25, 0.3) is 0 Å². The van der Waals surface area contributed by atoms with Crippen LogP contribution in [0.3, 0.4) is 0 Å². The van der Waals surface area contributed by atoms with E-state index in [1.807, 2.05) is 0 Å². The van der Waals surface area contributed by atoms with E-state index >= 15 is 0 Å². The first-order valence-corrected chi connectivity index (χ1v) is 19.7. The molecule has 4 fully saturated rings. The van der Waals surface area contributed by atoms with E-state index in [2.05, 4.69) is 52.0 Å². The molecule has 0 aromatic heterocycles. The van der Waals surface area contributed by atoms with Gasteiger partial charge in [0, 0.05) is 34.1 Å². The Morgan fingerprint density at radius 2 is 0.806 bits per heavy atom. The van der Waals surface area contributed by atoms with Crippen molar-refractivity contribution >= 4 is 25.8 Å². The normalized spacial score (nSPS) is 23.4. The Labute approximate surface area is 238 Å². The molecule has 1 aromatic carbocycles. The van der Waals surface area contributed by atoms with Crippen molar-refractivity contribution in [1.29, 1.82) is 0 Å². The molecule has 0 bridgehead atoms. The summed E-state index contributed by atoms with van der Waals surface area (Å²) in [5.74, 6) is 1.95. The first kappa shape index (κ1) is 29.6. The van der Waals surface area contributed by atoms with Crippen LogP contribution >= 0.6 is 25.8 Å². The van der Waals surface area contributed by atoms with Crippen LogP contribution in [0.5, 0.6) is 11.5 Å². The Balaban J connectivity index is 0.00000148. The van der Waals surface area contributed by atoms with Gasteiger partial charge in [-0.1, -0.05) is 83.1 Å². The molecule has 0 unspecified atom stereocenters. The molecule has 0 aliphatic heterocycles. The van der Waals surface area contributed by atoms with Crippen LogP contribution in [0, 0.1) is 6.07 Å². The van der Waals surface area contributed by atoms with Gasteiger partial charge >= 0.3 is 27.7 Å². The second-order valence-corrected chi connectivity index (χ2v) is 16.2. The van der Waals surface area contributed by atoms with E-state index in [0.717, 1.165) is 34.1 Å². The van der Waals surface area contributed by atoms with Crippen molar-refractivity contribution in [3.05, 3.63) is 24.3 Å². The Bertz CT molecular complexity index is 636. The molecule has 0 saturated heterocycles. The topological polar surface area (TPSA) is 18.5 Å². The minimum absolute atomic E-state index is 0.412. The van der Waals surface area contributed by atoms with Crippen LogP contribution in [0.25, 0.3) is 0 Å². The summed E-state index contributed by atoms with van der Waals surface area (Å²) in [4.78, 5) is 0. The molecule has 0 heterocycles. The minimum atomic E-state index is -0.412. The van der Waals surface area contributed by atoms with E-state index in [1.54, 1.807) is 0 Å². The van der Waals surface area contributed by atoms with Gasteiger partial charge in [-0.05, 0) is 51.4 Å². The Morgan fingerprint density at radius 3 is 1.08 bits per heavy atom. The summed E-state index contributed by atoms with van der Waals surface area (Å²) in [5.41, 5.74) is 3.19. The van der Waals surface area contributed by atoms with Gasteiger partial charge in [0.05, 0.1) is 16.3 Å². The van der Waals surface area contributed by atoms with Crippen LogP contribution in [0.2, 0.25) is 0 Å². The van der Waals surface area contributed by atoms with Gasteiger partial charge in [0.2, 0.25) is 0 Å². The van der Waals surface area contributed by atoms with Gasteiger partial charge < -0.3 is 9.05 Å². The first-order valence-electron chi connectivity index (χ1n) is 14.9. The van der Waals surface area contributed by atoms with E-state index < -0.39 is 16.3 Å². The summed E-state index contributed by atoms with van der Waals surface area (Å²) < 4.78 is 13.9. The fraction of sp³-hybridized carbons (Fsp3) is 0.800. The average molecular weight is 644 g/mol. The molecule has 0 N–H and O–H groups in total. The molecule has 0 atom stereocenters. The zero-order valence-electron chi connectivity index (χ0n) is 22.1. The first-order chi connectivity index (χ1) is 17.9. The molecule has 5 rings (SSSR count). The van der Waals surface area contributed by atoms with Gasteiger partial charge in [0.15, 0.2) is 0 Å². The Kier molecular flexibility index (Phi) is 13.7. The van der Waals surface area contributed by atoms with Gasteiger partial charge in [0.1, 0.15) is 0 Å². The van der Waals surface area contributed by atoms with Crippen LogP contribution in [-0.2, 0) is 18.2 Å². The molecule has 0 spiro atoms. The smallest absolute Gasteiger partial charge is 0.0900 e. The predicted molar refractivity (Wildman–Crippen MR) is 154 cm³/mol. The standard InChI is InChI=1S/C30H47O2P2.ClH.Pd/c1-5-16-27(17-6-1)33(28-18-7-2-8-19-28)31-25-14-13-15-26(24-25)32-34(29-20-9-3-10-21-29)30-22-11-4-12-23-30;;/h13-15,27-30H,1-12,16-23H2;1H;/q-1;;+2/p-1. The zero-order chi connectivity index (χ0) is 25.0. The number of hydrogen-bond acceptors (Lipinski definition) is 2.